The topological polar surface area (TPSA) is 43.4 Å². The summed E-state index contributed by atoms with van der Waals surface area (Å²) >= 11 is 0. The number of hydrogen-bond acceptors (Lipinski definition) is 3. The van der Waals surface area contributed by atoms with Gasteiger partial charge in [0.05, 0.1) is 11.8 Å². The number of rotatable bonds is 2. The monoisotopic (exact) mass is 258 g/mol. The van der Waals surface area contributed by atoms with E-state index in [1.165, 1.54) is 0 Å². The zero-order valence-corrected chi connectivity index (χ0v) is 8.69. The third kappa shape index (κ3) is 3.37. The van der Waals surface area contributed by atoms with E-state index in [0.717, 1.165) is 0 Å². The summed E-state index contributed by atoms with van der Waals surface area (Å²) in [5.41, 5.74) is -1.35. The Morgan fingerprint density at radius 1 is 1.25 bits per heavy atom. The molecule has 90 valence electrons. The Kier molecular flexibility index (Phi) is 3.13. The van der Waals surface area contributed by atoms with Gasteiger partial charge >= 0.3 is 16.3 Å². The second-order valence-corrected chi connectivity index (χ2v) is 4.50. The molecule has 16 heavy (non-hydrogen) atoms. The van der Waals surface area contributed by atoms with E-state index in [2.05, 4.69) is 4.18 Å². The molecule has 1 aromatic rings. The molecule has 1 aromatic carbocycles. The van der Waals surface area contributed by atoms with Gasteiger partial charge in [0, 0.05) is 6.07 Å². The molecule has 0 saturated carbocycles. The van der Waals surface area contributed by atoms with E-state index in [4.69, 9.17) is 0 Å². The molecular weight excluding hydrogens is 252 g/mol. The Morgan fingerprint density at radius 3 is 2.25 bits per heavy atom. The second-order valence-electron chi connectivity index (χ2n) is 2.93. The highest BCUT2D eigenvalue weighted by Gasteiger charge is 2.35. The van der Waals surface area contributed by atoms with Crippen molar-refractivity contribution in [1.29, 1.82) is 0 Å². The Bertz CT molecular complexity index is 492. The molecule has 0 radical (unpaired) electrons. The van der Waals surface area contributed by atoms with E-state index < -0.39 is 33.4 Å². The number of halogens is 4. The summed E-state index contributed by atoms with van der Waals surface area (Å²) in [6, 6.07) is 1.34. The van der Waals surface area contributed by atoms with Crippen LogP contribution in [0, 0.1) is 5.82 Å². The van der Waals surface area contributed by atoms with Crippen molar-refractivity contribution in [3.63, 3.8) is 0 Å². The first kappa shape index (κ1) is 12.8. The van der Waals surface area contributed by atoms with Crippen LogP contribution in [0.25, 0.3) is 0 Å². The van der Waals surface area contributed by atoms with Gasteiger partial charge in [-0.1, -0.05) is 0 Å². The van der Waals surface area contributed by atoms with Gasteiger partial charge in [0.2, 0.25) is 0 Å². The van der Waals surface area contributed by atoms with Gasteiger partial charge in [-0.2, -0.15) is 21.6 Å². The number of benzene rings is 1. The number of hydrogen-bond donors (Lipinski definition) is 0. The smallest absolute Gasteiger partial charge is 0.382 e. The molecule has 0 aliphatic carbocycles. The molecule has 0 aromatic heterocycles. The second kappa shape index (κ2) is 3.93. The molecule has 1 rings (SSSR count). The lowest BCUT2D eigenvalue weighted by atomic mass is 10.2. The standard InChI is InChI=1S/C8H6F4O3S/c1-16(13,14)15-7-4-5(9)2-3-6(7)8(10,11)12/h2-4H,1H3. The van der Waals surface area contributed by atoms with Crippen LogP contribution in [0.1, 0.15) is 5.56 Å². The van der Waals surface area contributed by atoms with Gasteiger partial charge < -0.3 is 4.18 Å². The van der Waals surface area contributed by atoms with Crippen LogP contribution in [0.5, 0.6) is 5.75 Å². The molecule has 0 unspecified atom stereocenters. The van der Waals surface area contributed by atoms with Crippen molar-refractivity contribution < 1.29 is 30.2 Å². The van der Waals surface area contributed by atoms with E-state index in [9.17, 15) is 26.0 Å². The maximum atomic E-state index is 12.7. The van der Waals surface area contributed by atoms with Crippen LogP contribution < -0.4 is 4.18 Å². The average molecular weight is 258 g/mol. The van der Waals surface area contributed by atoms with E-state index in [-0.39, 0.29) is 0 Å². The van der Waals surface area contributed by atoms with Crippen LogP contribution in [0.4, 0.5) is 17.6 Å². The van der Waals surface area contributed by atoms with E-state index >= 15 is 0 Å². The molecule has 0 N–H and O–H groups in total. The maximum Gasteiger partial charge on any atom is 0.420 e. The van der Waals surface area contributed by atoms with Crippen molar-refractivity contribution in [2.45, 2.75) is 6.18 Å². The summed E-state index contributed by atoms with van der Waals surface area (Å²) in [4.78, 5) is 0. The van der Waals surface area contributed by atoms with Crippen LogP contribution >= 0.6 is 0 Å². The highest BCUT2D eigenvalue weighted by Crippen LogP contribution is 2.36. The van der Waals surface area contributed by atoms with Crippen molar-refractivity contribution in [3.8, 4) is 5.75 Å². The predicted octanol–water partition coefficient (Wildman–Crippen LogP) is 2.18. The highest BCUT2D eigenvalue weighted by molar-refractivity contribution is 7.86. The fourth-order valence-electron chi connectivity index (χ4n) is 0.962. The lowest BCUT2D eigenvalue weighted by molar-refractivity contribution is -0.138. The van der Waals surface area contributed by atoms with Gasteiger partial charge in [-0.05, 0) is 12.1 Å². The minimum Gasteiger partial charge on any atom is -0.382 e. The summed E-state index contributed by atoms with van der Waals surface area (Å²) in [6.45, 7) is 0. The van der Waals surface area contributed by atoms with Crippen LogP contribution in [-0.4, -0.2) is 14.7 Å². The molecule has 0 aliphatic heterocycles. The summed E-state index contributed by atoms with van der Waals surface area (Å²) in [7, 11) is -4.14. The largest absolute Gasteiger partial charge is 0.420 e. The minimum absolute atomic E-state index is 0.365. The van der Waals surface area contributed by atoms with Crippen molar-refractivity contribution in [1.82, 2.24) is 0 Å². The molecule has 8 heteroatoms. The van der Waals surface area contributed by atoms with Crippen LogP contribution in [-0.2, 0) is 16.3 Å². The van der Waals surface area contributed by atoms with Gasteiger partial charge in [-0.3, -0.25) is 0 Å². The van der Waals surface area contributed by atoms with Gasteiger partial charge in [-0.15, -0.1) is 0 Å². The molecule has 0 bridgehead atoms. The summed E-state index contributed by atoms with van der Waals surface area (Å²) in [5, 5.41) is 0. The summed E-state index contributed by atoms with van der Waals surface area (Å²) in [5.74, 6) is -2.10. The fraction of sp³-hybridized carbons (Fsp3) is 0.250. The van der Waals surface area contributed by atoms with Crippen LogP contribution in [0.3, 0.4) is 0 Å². The molecule has 0 atom stereocenters. The van der Waals surface area contributed by atoms with Gasteiger partial charge in [0.1, 0.15) is 5.82 Å². The first-order valence-electron chi connectivity index (χ1n) is 3.86. The Hall–Kier alpha value is -1.31. The van der Waals surface area contributed by atoms with Crippen molar-refractivity contribution >= 4 is 10.1 Å². The molecule has 3 nitrogen and oxygen atoms in total. The van der Waals surface area contributed by atoms with Crippen molar-refractivity contribution in [2.24, 2.45) is 0 Å². The fourth-order valence-corrected chi connectivity index (χ4v) is 1.43. The first-order valence-corrected chi connectivity index (χ1v) is 5.67. The highest BCUT2D eigenvalue weighted by atomic mass is 32.2. The average Bonchev–Trinajstić information content (AvgIpc) is 1.97. The zero-order chi connectivity index (χ0) is 12.6. The third-order valence-corrected chi connectivity index (χ3v) is 1.97. The molecule has 0 spiro atoms. The van der Waals surface area contributed by atoms with E-state index in [1.807, 2.05) is 0 Å². The van der Waals surface area contributed by atoms with Crippen molar-refractivity contribution in [2.75, 3.05) is 6.26 Å². The zero-order valence-electron chi connectivity index (χ0n) is 7.88. The first-order chi connectivity index (χ1) is 7.09. The van der Waals surface area contributed by atoms with Gasteiger partial charge in [-0.25, -0.2) is 4.39 Å². The predicted molar refractivity (Wildman–Crippen MR) is 46.9 cm³/mol. The van der Waals surface area contributed by atoms with Crippen molar-refractivity contribution in [3.05, 3.63) is 29.6 Å². The number of alkyl halides is 3. The Balaban J connectivity index is 3.30. The summed E-state index contributed by atoms with van der Waals surface area (Å²) < 4.78 is 75.2. The SMILES string of the molecule is CS(=O)(=O)Oc1cc(F)ccc1C(F)(F)F. The minimum atomic E-state index is -4.81. The quantitative estimate of drug-likeness (QED) is 0.603. The third-order valence-electron chi connectivity index (χ3n) is 1.49. The lowest BCUT2D eigenvalue weighted by Crippen LogP contribution is -2.12. The Morgan fingerprint density at radius 2 is 1.81 bits per heavy atom. The van der Waals surface area contributed by atoms with Crippen LogP contribution in [0.15, 0.2) is 18.2 Å². The molecule has 0 saturated heterocycles. The normalized spacial score (nSPS) is 12.6. The van der Waals surface area contributed by atoms with Crippen LogP contribution in [0.2, 0.25) is 0 Å². The van der Waals surface area contributed by atoms with Gasteiger partial charge in [0.15, 0.2) is 5.75 Å². The molecule has 0 aliphatic rings. The van der Waals surface area contributed by atoms with E-state index in [1.54, 1.807) is 0 Å². The molecular formula is C8H6F4O3S. The Labute approximate surface area is 88.8 Å². The van der Waals surface area contributed by atoms with Gasteiger partial charge in [0.25, 0.3) is 0 Å². The molecule has 0 amide bonds. The summed E-state index contributed by atoms with van der Waals surface area (Å²) in [6.07, 6.45) is -4.24. The maximum absolute atomic E-state index is 12.7. The molecule has 0 heterocycles. The van der Waals surface area contributed by atoms with E-state index in [0.29, 0.717) is 24.5 Å². The lowest BCUT2D eigenvalue weighted by Gasteiger charge is -2.12. The molecule has 0 fully saturated rings.